The lowest BCUT2D eigenvalue weighted by Gasteiger charge is -2.08. The SMILES string of the molecule is COCc1cccc(CNCc2cc(F)ccc2C#N)c1. The van der Waals surface area contributed by atoms with Crippen molar-refractivity contribution in [1.82, 2.24) is 5.32 Å². The summed E-state index contributed by atoms with van der Waals surface area (Å²) < 4.78 is 18.3. The van der Waals surface area contributed by atoms with Gasteiger partial charge in [0, 0.05) is 20.2 Å². The summed E-state index contributed by atoms with van der Waals surface area (Å²) in [5.41, 5.74) is 3.40. The fraction of sp³-hybridized carbons (Fsp3) is 0.235. The lowest BCUT2D eigenvalue weighted by atomic mass is 10.1. The fourth-order valence-corrected chi connectivity index (χ4v) is 2.16. The van der Waals surface area contributed by atoms with Gasteiger partial charge in [-0.05, 0) is 34.9 Å². The first kappa shape index (κ1) is 15.2. The molecule has 3 nitrogen and oxygen atoms in total. The number of halogens is 1. The topological polar surface area (TPSA) is 45.0 Å². The molecule has 0 radical (unpaired) electrons. The highest BCUT2D eigenvalue weighted by Gasteiger charge is 2.03. The molecular weight excluding hydrogens is 267 g/mol. The molecule has 0 bridgehead atoms. The Bertz CT molecular complexity index is 649. The zero-order valence-electron chi connectivity index (χ0n) is 11.9. The van der Waals surface area contributed by atoms with E-state index < -0.39 is 0 Å². The predicted molar refractivity (Wildman–Crippen MR) is 78.8 cm³/mol. The molecule has 0 atom stereocenters. The molecule has 0 saturated heterocycles. The quantitative estimate of drug-likeness (QED) is 0.886. The van der Waals surface area contributed by atoms with Crippen LogP contribution in [0.2, 0.25) is 0 Å². The lowest BCUT2D eigenvalue weighted by molar-refractivity contribution is 0.185. The van der Waals surface area contributed by atoms with Crippen LogP contribution in [0.4, 0.5) is 4.39 Å². The molecule has 0 fully saturated rings. The van der Waals surface area contributed by atoms with E-state index in [1.54, 1.807) is 7.11 Å². The van der Waals surface area contributed by atoms with E-state index >= 15 is 0 Å². The number of nitrogens with one attached hydrogen (secondary N) is 1. The molecule has 0 amide bonds. The Kier molecular flexibility index (Phi) is 5.44. The van der Waals surface area contributed by atoms with E-state index in [9.17, 15) is 4.39 Å². The normalized spacial score (nSPS) is 10.3. The zero-order valence-corrected chi connectivity index (χ0v) is 11.9. The summed E-state index contributed by atoms with van der Waals surface area (Å²) in [6.45, 7) is 1.68. The molecule has 0 saturated carbocycles. The van der Waals surface area contributed by atoms with Crippen LogP contribution in [0.3, 0.4) is 0 Å². The Balaban J connectivity index is 1.97. The molecule has 0 unspecified atom stereocenters. The Morgan fingerprint density at radius 3 is 2.71 bits per heavy atom. The molecule has 0 aliphatic heterocycles. The Morgan fingerprint density at radius 2 is 1.95 bits per heavy atom. The van der Waals surface area contributed by atoms with E-state index in [0.717, 1.165) is 11.1 Å². The van der Waals surface area contributed by atoms with Crippen LogP contribution in [-0.4, -0.2) is 7.11 Å². The molecule has 4 heteroatoms. The Hall–Kier alpha value is -2.22. The molecule has 0 aromatic heterocycles. The molecular formula is C17H17FN2O. The van der Waals surface area contributed by atoms with Gasteiger partial charge in [0.15, 0.2) is 0 Å². The van der Waals surface area contributed by atoms with Crippen LogP contribution in [0.5, 0.6) is 0 Å². The first-order chi connectivity index (χ1) is 10.2. The average molecular weight is 284 g/mol. The first-order valence-corrected chi connectivity index (χ1v) is 6.69. The number of rotatable bonds is 6. The van der Waals surface area contributed by atoms with E-state index in [4.69, 9.17) is 10.00 Å². The summed E-state index contributed by atoms with van der Waals surface area (Å²) in [7, 11) is 1.66. The average Bonchev–Trinajstić information content (AvgIpc) is 2.48. The Labute approximate surface area is 124 Å². The molecule has 0 aliphatic carbocycles. The maximum atomic E-state index is 13.2. The highest BCUT2D eigenvalue weighted by molar-refractivity contribution is 5.37. The van der Waals surface area contributed by atoms with E-state index in [1.807, 2.05) is 18.2 Å². The van der Waals surface area contributed by atoms with Crippen LogP contribution in [0.25, 0.3) is 0 Å². The molecule has 1 N–H and O–H groups in total. The monoisotopic (exact) mass is 284 g/mol. The van der Waals surface area contributed by atoms with Gasteiger partial charge in [-0.25, -0.2) is 4.39 Å². The zero-order chi connectivity index (χ0) is 15.1. The standard InChI is InChI=1S/C17H17FN2O/c1-21-12-14-4-2-3-13(7-14)10-20-11-16-8-17(18)6-5-15(16)9-19/h2-8,20H,10-12H2,1H3. The second kappa shape index (κ2) is 7.53. The fourth-order valence-electron chi connectivity index (χ4n) is 2.16. The minimum atomic E-state index is -0.326. The minimum absolute atomic E-state index is 0.326. The van der Waals surface area contributed by atoms with Gasteiger partial charge in [0.25, 0.3) is 0 Å². The van der Waals surface area contributed by atoms with Crippen LogP contribution < -0.4 is 5.32 Å². The van der Waals surface area contributed by atoms with Crippen LogP contribution in [0, 0.1) is 17.1 Å². The minimum Gasteiger partial charge on any atom is -0.380 e. The predicted octanol–water partition coefficient (Wildman–Crippen LogP) is 3.13. The second-order valence-electron chi connectivity index (χ2n) is 4.77. The van der Waals surface area contributed by atoms with Crippen molar-refractivity contribution in [2.24, 2.45) is 0 Å². The molecule has 2 aromatic carbocycles. The van der Waals surface area contributed by atoms with Crippen molar-refractivity contribution < 1.29 is 9.13 Å². The maximum absolute atomic E-state index is 13.2. The van der Waals surface area contributed by atoms with E-state index in [1.165, 1.54) is 18.2 Å². The third-order valence-corrected chi connectivity index (χ3v) is 3.13. The summed E-state index contributed by atoms with van der Waals surface area (Å²) in [6, 6.07) is 14.3. The molecule has 108 valence electrons. The van der Waals surface area contributed by atoms with Crippen LogP contribution in [0.15, 0.2) is 42.5 Å². The van der Waals surface area contributed by atoms with Crippen molar-refractivity contribution in [2.45, 2.75) is 19.7 Å². The van der Waals surface area contributed by atoms with Gasteiger partial charge in [0.1, 0.15) is 5.82 Å². The van der Waals surface area contributed by atoms with Crippen molar-refractivity contribution in [1.29, 1.82) is 5.26 Å². The van der Waals surface area contributed by atoms with Gasteiger partial charge in [-0.2, -0.15) is 5.26 Å². The summed E-state index contributed by atoms with van der Waals surface area (Å²) in [5, 5.41) is 12.2. The van der Waals surface area contributed by atoms with Gasteiger partial charge in [-0.1, -0.05) is 24.3 Å². The highest BCUT2D eigenvalue weighted by atomic mass is 19.1. The van der Waals surface area contributed by atoms with Crippen LogP contribution in [-0.2, 0) is 24.4 Å². The maximum Gasteiger partial charge on any atom is 0.123 e. The first-order valence-electron chi connectivity index (χ1n) is 6.69. The molecule has 0 spiro atoms. The third-order valence-electron chi connectivity index (χ3n) is 3.13. The number of methoxy groups -OCH3 is 1. The van der Waals surface area contributed by atoms with Crippen molar-refractivity contribution >= 4 is 0 Å². The van der Waals surface area contributed by atoms with Gasteiger partial charge in [0.05, 0.1) is 18.2 Å². The summed E-state index contributed by atoms with van der Waals surface area (Å²) in [5.74, 6) is -0.326. The van der Waals surface area contributed by atoms with Crippen LogP contribution in [0.1, 0.15) is 22.3 Å². The van der Waals surface area contributed by atoms with Gasteiger partial charge in [0.2, 0.25) is 0 Å². The molecule has 2 aromatic rings. The van der Waals surface area contributed by atoms with Crippen LogP contribution >= 0.6 is 0 Å². The van der Waals surface area contributed by atoms with Gasteiger partial charge in [-0.15, -0.1) is 0 Å². The number of hydrogen-bond donors (Lipinski definition) is 1. The van der Waals surface area contributed by atoms with Crippen molar-refractivity contribution in [3.63, 3.8) is 0 Å². The van der Waals surface area contributed by atoms with E-state index in [2.05, 4.69) is 17.5 Å². The third kappa shape index (κ3) is 4.38. The Morgan fingerprint density at radius 1 is 1.14 bits per heavy atom. The number of hydrogen-bond acceptors (Lipinski definition) is 3. The summed E-state index contributed by atoms with van der Waals surface area (Å²) in [6.07, 6.45) is 0. The van der Waals surface area contributed by atoms with Gasteiger partial charge < -0.3 is 10.1 Å². The smallest absolute Gasteiger partial charge is 0.123 e. The molecule has 2 rings (SSSR count). The summed E-state index contributed by atoms with van der Waals surface area (Å²) >= 11 is 0. The number of benzene rings is 2. The molecule has 0 heterocycles. The number of nitrogens with zero attached hydrogens (tertiary/aromatic N) is 1. The molecule has 0 aliphatic rings. The lowest BCUT2D eigenvalue weighted by Crippen LogP contribution is -2.14. The highest BCUT2D eigenvalue weighted by Crippen LogP contribution is 2.11. The van der Waals surface area contributed by atoms with Crippen molar-refractivity contribution in [3.8, 4) is 6.07 Å². The number of ether oxygens (including phenoxy) is 1. The second-order valence-corrected chi connectivity index (χ2v) is 4.77. The van der Waals surface area contributed by atoms with Crippen molar-refractivity contribution in [3.05, 3.63) is 70.5 Å². The van der Waals surface area contributed by atoms with E-state index in [0.29, 0.717) is 30.8 Å². The van der Waals surface area contributed by atoms with E-state index in [-0.39, 0.29) is 5.82 Å². The summed E-state index contributed by atoms with van der Waals surface area (Å²) in [4.78, 5) is 0. The number of nitriles is 1. The van der Waals surface area contributed by atoms with Gasteiger partial charge >= 0.3 is 0 Å². The van der Waals surface area contributed by atoms with Gasteiger partial charge in [-0.3, -0.25) is 0 Å². The van der Waals surface area contributed by atoms with Crippen molar-refractivity contribution in [2.75, 3.05) is 7.11 Å². The molecule has 21 heavy (non-hydrogen) atoms. The largest absolute Gasteiger partial charge is 0.380 e.